The summed E-state index contributed by atoms with van der Waals surface area (Å²) >= 11 is 6.01. The van der Waals surface area contributed by atoms with E-state index in [0.717, 1.165) is 0 Å². The molecule has 1 atom stereocenters. The first-order valence-corrected chi connectivity index (χ1v) is 8.72. The van der Waals surface area contributed by atoms with Crippen molar-refractivity contribution >= 4 is 25.2 Å². The third-order valence-corrected chi connectivity index (χ3v) is 5.77. The molecule has 126 valence electrons. The molecule has 23 heavy (non-hydrogen) atoms. The van der Waals surface area contributed by atoms with E-state index >= 15 is 0 Å². The summed E-state index contributed by atoms with van der Waals surface area (Å²) in [6.45, 7) is 1.76. The highest BCUT2D eigenvalue weighted by Gasteiger charge is 2.47. The minimum atomic E-state index is -3.76. The predicted molar refractivity (Wildman–Crippen MR) is 84.3 cm³/mol. The first-order chi connectivity index (χ1) is 10.9. The Morgan fingerprint density at radius 1 is 1.39 bits per heavy atom. The van der Waals surface area contributed by atoms with Crippen LogP contribution in [-0.4, -0.2) is 26.8 Å². The minimum Gasteiger partial charge on any atom is -0.462 e. The van der Waals surface area contributed by atoms with E-state index in [1.54, 1.807) is 19.1 Å². The molecule has 1 aliphatic rings. The second kappa shape index (κ2) is 6.93. The van der Waals surface area contributed by atoms with Crippen LogP contribution in [0.1, 0.15) is 18.1 Å². The molecule has 0 radical (unpaired) electrons. The maximum Gasteiger partial charge on any atom is 0.342 e. The number of nitrogens with two attached hydrogens (primary N) is 1. The van der Waals surface area contributed by atoms with Crippen molar-refractivity contribution in [3.63, 3.8) is 0 Å². The largest absolute Gasteiger partial charge is 0.462 e. The van der Waals surface area contributed by atoms with E-state index < -0.39 is 19.2 Å². The number of hydrogen-bond acceptors (Lipinski definition) is 7. The Kier molecular flexibility index (Phi) is 5.37. The van der Waals surface area contributed by atoms with Gasteiger partial charge in [0.2, 0.25) is 5.88 Å². The lowest BCUT2D eigenvalue weighted by Crippen LogP contribution is -2.27. The second-order valence-corrected chi connectivity index (χ2v) is 7.35. The highest BCUT2D eigenvalue weighted by molar-refractivity contribution is 7.54. The van der Waals surface area contributed by atoms with Crippen LogP contribution in [0.2, 0.25) is 5.02 Å². The van der Waals surface area contributed by atoms with Crippen LogP contribution in [-0.2, 0) is 23.1 Å². The third kappa shape index (κ3) is 3.23. The summed E-state index contributed by atoms with van der Waals surface area (Å²) in [4.78, 5) is 12.3. The van der Waals surface area contributed by atoms with Gasteiger partial charge in [-0.05, 0) is 25.1 Å². The number of carbonyl (C=O) groups is 1. The fraction of sp³-hybridized carbons (Fsp3) is 0.357. The molecule has 1 aromatic carbocycles. The molecular weight excluding hydrogens is 345 g/mol. The zero-order valence-electron chi connectivity index (χ0n) is 12.9. The molecule has 1 aromatic rings. The molecular formula is C14H17ClNO6P. The summed E-state index contributed by atoms with van der Waals surface area (Å²) in [5.74, 6) is -0.646. The normalized spacial score (nSPS) is 17.5. The topological polar surface area (TPSA) is 97.1 Å². The maximum absolute atomic E-state index is 13.0. The van der Waals surface area contributed by atoms with Gasteiger partial charge in [-0.1, -0.05) is 11.6 Å². The Morgan fingerprint density at radius 3 is 2.61 bits per heavy atom. The fourth-order valence-electron chi connectivity index (χ4n) is 2.32. The SMILES string of the molecule is CCOC(=O)C1=C(N)Oc2ccc(Cl)cc2C1P(=O)(OC)OC. The summed E-state index contributed by atoms with van der Waals surface area (Å²) in [6.07, 6.45) is 0. The van der Waals surface area contributed by atoms with Crippen LogP contribution in [0.4, 0.5) is 0 Å². The number of fused-ring (bicyclic) bond motifs is 1. The van der Waals surface area contributed by atoms with Crippen molar-refractivity contribution in [2.24, 2.45) is 5.73 Å². The molecule has 1 heterocycles. The lowest BCUT2D eigenvalue weighted by molar-refractivity contribution is -0.139. The van der Waals surface area contributed by atoms with Crippen molar-refractivity contribution < 1.29 is 27.9 Å². The summed E-state index contributed by atoms with van der Waals surface area (Å²) in [5, 5.41) is 0.375. The molecule has 0 aromatic heterocycles. The van der Waals surface area contributed by atoms with E-state index in [0.29, 0.717) is 16.3 Å². The number of benzene rings is 1. The van der Waals surface area contributed by atoms with Gasteiger partial charge in [0.15, 0.2) is 0 Å². The standard InChI is InChI=1S/C14H17ClNO6P/c1-4-21-14(17)11-12(23(18,19-2)20-3)9-7-8(15)5-6-10(9)22-13(11)16/h5-7,12H,4,16H2,1-3H3. The molecule has 0 saturated carbocycles. The van der Waals surface area contributed by atoms with Crippen molar-refractivity contribution in [1.82, 2.24) is 0 Å². The van der Waals surface area contributed by atoms with Crippen molar-refractivity contribution in [2.75, 3.05) is 20.8 Å². The second-order valence-electron chi connectivity index (χ2n) is 4.59. The Hall–Kier alpha value is -1.53. The maximum atomic E-state index is 13.0. The van der Waals surface area contributed by atoms with Gasteiger partial charge in [-0.3, -0.25) is 4.57 Å². The Balaban J connectivity index is 2.69. The molecule has 9 heteroatoms. The lowest BCUT2D eigenvalue weighted by atomic mass is 10.0. The van der Waals surface area contributed by atoms with Gasteiger partial charge < -0.3 is 24.3 Å². The molecule has 0 amide bonds. The first kappa shape index (κ1) is 17.8. The Labute approximate surface area is 138 Å². The minimum absolute atomic E-state index is 0.117. The molecule has 0 bridgehead atoms. The van der Waals surface area contributed by atoms with Gasteiger partial charge in [-0.15, -0.1) is 0 Å². The highest BCUT2D eigenvalue weighted by Crippen LogP contribution is 2.65. The average molecular weight is 362 g/mol. The van der Waals surface area contributed by atoms with Crippen molar-refractivity contribution in [1.29, 1.82) is 0 Å². The van der Waals surface area contributed by atoms with Crippen LogP contribution in [0.3, 0.4) is 0 Å². The van der Waals surface area contributed by atoms with E-state index in [-0.39, 0.29) is 18.1 Å². The van der Waals surface area contributed by atoms with Crippen molar-refractivity contribution in [2.45, 2.75) is 12.6 Å². The molecule has 0 spiro atoms. The molecule has 0 aliphatic carbocycles. The van der Waals surface area contributed by atoms with Crippen molar-refractivity contribution in [3.8, 4) is 5.75 Å². The summed E-state index contributed by atoms with van der Waals surface area (Å²) in [6, 6.07) is 4.68. The number of carbonyl (C=O) groups excluding carboxylic acids is 1. The number of rotatable bonds is 5. The van der Waals surface area contributed by atoms with E-state index in [1.807, 2.05) is 0 Å². The van der Waals surface area contributed by atoms with Gasteiger partial charge in [0.25, 0.3) is 0 Å². The zero-order valence-corrected chi connectivity index (χ0v) is 14.5. The number of hydrogen-bond donors (Lipinski definition) is 1. The van der Waals surface area contributed by atoms with E-state index in [4.69, 9.17) is 35.9 Å². The van der Waals surface area contributed by atoms with Gasteiger partial charge in [0.05, 0.1) is 6.61 Å². The smallest absolute Gasteiger partial charge is 0.342 e. The summed E-state index contributed by atoms with van der Waals surface area (Å²) in [7, 11) is -1.31. The summed E-state index contributed by atoms with van der Waals surface area (Å²) in [5.41, 5.74) is 5.01. The van der Waals surface area contributed by atoms with Crippen LogP contribution < -0.4 is 10.5 Å². The van der Waals surface area contributed by atoms with Gasteiger partial charge in [-0.2, -0.15) is 0 Å². The average Bonchev–Trinajstić information content (AvgIpc) is 2.53. The van der Waals surface area contributed by atoms with Gasteiger partial charge in [-0.25, -0.2) is 4.79 Å². The highest BCUT2D eigenvalue weighted by atomic mass is 35.5. The zero-order chi connectivity index (χ0) is 17.2. The van der Waals surface area contributed by atoms with E-state index in [1.165, 1.54) is 20.3 Å². The third-order valence-electron chi connectivity index (χ3n) is 3.35. The molecule has 0 fully saturated rings. The van der Waals surface area contributed by atoms with Gasteiger partial charge in [0.1, 0.15) is 17.0 Å². The quantitative estimate of drug-likeness (QED) is 0.636. The molecule has 0 saturated heterocycles. The Morgan fingerprint density at radius 2 is 2.04 bits per heavy atom. The van der Waals surface area contributed by atoms with Crippen LogP contribution in [0, 0.1) is 0 Å². The van der Waals surface area contributed by atoms with Crippen LogP contribution in [0.25, 0.3) is 0 Å². The van der Waals surface area contributed by atoms with Crippen LogP contribution >= 0.6 is 19.2 Å². The molecule has 1 unspecified atom stereocenters. The monoisotopic (exact) mass is 361 g/mol. The predicted octanol–water partition coefficient (Wildman–Crippen LogP) is 2.99. The van der Waals surface area contributed by atoms with Gasteiger partial charge >= 0.3 is 13.6 Å². The van der Waals surface area contributed by atoms with Crippen molar-refractivity contribution in [3.05, 3.63) is 40.2 Å². The molecule has 7 nitrogen and oxygen atoms in total. The molecule has 2 N–H and O–H groups in total. The van der Waals surface area contributed by atoms with Crippen LogP contribution in [0.5, 0.6) is 5.75 Å². The number of halogens is 1. The van der Waals surface area contributed by atoms with Gasteiger partial charge in [0, 0.05) is 24.8 Å². The summed E-state index contributed by atoms with van der Waals surface area (Å²) < 4.78 is 33.6. The fourth-order valence-corrected chi connectivity index (χ4v) is 4.17. The van der Waals surface area contributed by atoms with Crippen LogP contribution in [0.15, 0.2) is 29.7 Å². The Bertz CT molecular complexity index is 697. The first-order valence-electron chi connectivity index (χ1n) is 6.73. The lowest BCUT2D eigenvalue weighted by Gasteiger charge is -2.31. The van der Waals surface area contributed by atoms with E-state index in [9.17, 15) is 9.36 Å². The number of esters is 1. The molecule has 1 aliphatic heterocycles. The molecule has 2 rings (SSSR count). The number of ether oxygens (including phenoxy) is 2. The van der Waals surface area contributed by atoms with E-state index in [2.05, 4.69) is 0 Å².